The van der Waals surface area contributed by atoms with Crippen molar-refractivity contribution in [3.05, 3.63) is 11.4 Å². The first-order valence-electron chi connectivity index (χ1n) is 6.03. The molecule has 2 fully saturated rings. The van der Waals surface area contributed by atoms with Gasteiger partial charge in [-0.2, -0.15) is 0 Å². The number of fused-ring (bicyclic) bond motifs is 1. The molecule has 3 atom stereocenters. The van der Waals surface area contributed by atoms with Gasteiger partial charge in [0.1, 0.15) is 0 Å². The second-order valence-corrected chi connectivity index (χ2v) is 6.11. The molecule has 3 nitrogen and oxygen atoms in total. The summed E-state index contributed by atoms with van der Waals surface area (Å²) in [5, 5.41) is 3.41. The van der Waals surface area contributed by atoms with Gasteiger partial charge in [0.15, 0.2) is 0 Å². The van der Waals surface area contributed by atoms with Crippen LogP contribution >= 0.6 is 0 Å². The number of rotatable bonds is 0. The van der Waals surface area contributed by atoms with Crippen LogP contribution in [0.15, 0.2) is 0 Å². The molecular weight excluding hydrogens is 200 g/mol. The molecule has 1 aliphatic heterocycles. The van der Waals surface area contributed by atoms with E-state index < -0.39 is 6.04 Å². The van der Waals surface area contributed by atoms with Crippen molar-refractivity contribution in [1.82, 2.24) is 5.32 Å². The molecule has 0 bridgehead atoms. The van der Waals surface area contributed by atoms with Crippen LogP contribution in [0.5, 0.6) is 0 Å². The third-order valence-corrected chi connectivity index (χ3v) is 4.60. The zero-order valence-corrected chi connectivity index (χ0v) is 10.3. The minimum atomic E-state index is -0.420. The molecule has 1 aliphatic carbocycles. The van der Waals surface area contributed by atoms with Gasteiger partial charge in [-0.15, -0.1) is 0 Å². The molecule has 1 saturated heterocycles. The quantitative estimate of drug-likeness (QED) is 0.632. The van der Waals surface area contributed by atoms with Crippen molar-refractivity contribution in [3.63, 3.8) is 0 Å². The third kappa shape index (κ3) is 1.48. The number of nitrogens with one attached hydrogen (secondary N) is 1. The topological polar surface area (TPSA) is 33.5 Å². The molecule has 3 heteroatoms. The van der Waals surface area contributed by atoms with E-state index in [4.69, 9.17) is 6.57 Å². The van der Waals surface area contributed by atoms with E-state index in [0.29, 0.717) is 5.92 Å². The lowest BCUT2D eigenvalue weighted by Crippen LogP contribution is -2.59. The first-order valence-corrected chi connectivity index (χ1v) is 6.03. The van der Waals surface area contributed by atoms with Crippen LogP contribution in [0.25, 0.3) is 4.85 Å². The number of nitrogens with zero attached hydrogens (tertiary/aromatic N) is 1. The smallest absolute Gasteiger partial charge is 0.282 e. The van der Waals surface area contributed by atoms with Crippen LogP contribution in [0.1, 0.15) is 33.6 Å². The van der Waals surface area contributed by atoms with Crippen molar-refractivity contribution in [1.29, 1.82) is 0 Å². The second kappa shape index (κ2) is 3.56. The Balaban J connectivity index is 2.38. The summed E-state index contributed by atoms with van der Waals surface area (Å²) in [6.07, 6.45) is 1.79. The average Bonchev–Trinajstić information content (AvgIpc) is 2.24. The minimum Gasteiger partial charge on any atom is -0.316 e. The molecule has 88 valence electrons. The van der Waals surface area contributed by atoms with E-state index in [1.807, 2.05) is 13.8 Å². The number of carbonyl (C=O) groups is 1. The third-order valence-electron chi connectivity index (χ3n) is 4.60. The zero-order chi connectivity index (χ0) is 12.0. The molecule has 0 spiro atoms. The van der Waals surface area contributed by atoms with Gasteiger partial charge in [0.05, 0.1) is 0 Å². The van der Waals surface area contributed by atoms with E-state index in [2.05, 4.69) is 17.1 Å². The highest BCUT2D eigenvalue weighted by Gasteiger charge is 2.57. The number of carbonyl (C=O) groups excluding carboxylic acids is 1. The molecule has 2 unspecified atom stereocenters. The molecule has 0 aromatic heterocycles. The normalized spacial score (nSPS) is 42.2. The summed E-state index contributed by atoms with van der Waals surface area (Å²) in [5.74, 6) is 0.582. The fourth-order valence-electron chi connectivity index (χ4n) is 3.78. The highest BCUT2D eigenvalue weighted by atomic mass is 16.1. The van der Waals surface area contributed by atoms with E-state index in [1.54, 1.807) is 0 Å². The van der Waals surface area contributed by atoms with E-state index in [1.165, 1.54) is 0 Å². The number of hydrogen-bond acceptors (Lipinski definition) is 2. The van der Waals surface area contributed by atoms with Crippen LogP contribution in [-0.4, -0.2) is 24.9 Å². The van der Waals surface area contributed by atoms with Gasteiger partial charge in [0.25, 0.3) is 6.04 Å². The standard InChI is InChI=1S/C13H20N2O/c1-12(2)10-5-6-15-8-13(10,3)7-9(14-4)11(12)16/h9-10,15H,5-8H2,1-3H3/t9?,10?,13-/m0/s1. The van der Waals surface area contributed by atoms with Gasteiger partial charge in [-0.1, -0.05) is 20.8 Å². The number of ketones is 1. The van der Waals surface area contributed by atoms with E-state index in [-0.39, 0.29) is 16.6 Å². The second-order valence-electron chi connectivity index (χ2n) is 6.11. The summed E-state index contributed by atoms with van der Waals surface area (Å²) in [6.45, 7) is 15.4. The van der Waals surface area contributed by atoms with E-state index >= 15 is 0 Å². The fourth-order valence-corrected chi connectivity index (χ4v) is 3.78. The van der Waals surface area contributed by atoms with Crippen LogP contribution in [0.2, 0.25) is 0 Å². The first kappa shape index (κ1) is 11.6. The molecule has 1 heterocycles. The lowest BCUT2D eigenvalue weighted by molar-refractivity contribution is -0.142. The summed E-state index contributed by atoms with van der Waals surface area (Å²) >= 11 is 0. The highest BCUT2D eigenvalue weighted by molar-refractivity contribution is 5.91. The molecule has 0 aromatic carbocycles. The van der Waals surface area contributed by atoms with Gasteiger partial charge in [-0.25, -0.2) is 6.57 Å². The summed E-state index contributed by atoms with van der Waals surface area (Å²) in [7, 11) is 0. The monoisotopic (exact) mass is 220 g/mol. The van der Waals surface area contributed by atoms with Gasteiger partial charge < -0.3 is 10.2 Å². The van der Waals surface area contributed by atoms with E-state index in [0.717, 1.165) is 25.9 Å². The Hall–Kier alpha value is -0.880. The van der Waals surface area contributed by atoms with Gasteiger partial charge in [-0.3, -0.25) is 4.79 Å². The minimum absolute atomic E-state index is 0.116. The molecule has 0 aromatic rings. The molecule has 2 aliphatic rings. The maximum atomic E-state index is 12.2. The predicted octanol–water partition coefficient (Wildman–Crippen LogP) is 1.89. The van der Waals surface area contributed by atoms with Crippen LogP contribution in [0, 0.1) is 23.3 Å². The Labute approximate surface area is 97.4 Å². The lowest BCUT2D eigenvalue weighted by atomic mass is 9.52. The molecule has 0 amide bonds. The first-order chi connectivity index (χ1) is 7.42. The molecule has 16 heavy (non-hydrogen) atoms. The number of piperidine rings is 1. The number of hydrogen-bond donors (Lipinski definition) is 1. The van der Waals surface area contributed by atoms with Gasteiger partial charge >= 0.3 is 0 Å². The summed E-state index contributed by atoms with van der Waals surface area (Å²) in [4.78, 5) is 15.8. The Kier molecular flexibility index (Phi) is 2.58. The van der Waals surface area contributed by atoms with Crippen LogP contribution in [0.4, 0.5) is 0 Å². The number of Topliss-reactive ketones (excluding diaryl/α,β-unsaturated/α-hetero) is 1. The molecular formula is C13H20N2O. The van der Waals surface area contributed by atoms with Crippen LogP contribution < -0.4 is 5.32 Å². The highest BCUT2D eigenvalue weighted by Crippen LogP contribution is 2.52. The largest absolute Gasteiger partial charge is 0.316 e. The van der Waals surface area contributed by atoms with Crippen molar-refractivity contribution >= 4 is 5.78 Å². The van der Waals surface area contributed by atoms with Crippen molar-refractivity contribution in [2.75, 3.05) is 13.1 Å². The Morgan fingerprint density at radius 3 is 2.75 bits per heavy atom. The van der Waals surface area contributed by atoms with Crippen molar-refractivity contribution in [3.8, 4) is 0 Å². The molecule has 2 rings (SSSR count). The van der Waals surface area contributed by atoms with E-state index in [9.17, 15) is 4.79 Å². The Morgan fingerprint density at radius 2 is 2.12 bits per heavy atom. The van der Waals surface area contributed by atoms with Crippen LogP contribution in [-0.2, 0) is 4.79 Å². The van der Waals surface area contributed by atoms with Gasteiger partial charge in [-0.05, 0) is 24.3 Å². The lowest BCUT2D eigenvalue weighted by Gasteiger charge is -2.52. The maximum absolute atomic E-state index is 12.2. The summed E-state index contributed by atoms with van der Waals surface area (Å²) in [5.41, 5.74) is -0.213. The van der Waals surface area contributed by atoms with Crippen LogP contribution in [0.3, 0.4) is 0 Å². The maximum Gasteiger partial charge on any atom is 0.282 e. The molecule has 1 saturated carbocycles. The van der Waals surface area contributed by atoms with Crippen molar-refractivity contribution < 1.29 is 4.79 Å². The molecule has 1 N–H and O–H groups in total. The summed E-state index contributed by atoms with van der Waals surface area (Å²) in [6, 6.07) is -0.420. The van der Waals surface area contributed by atoms with Crippen molar-refractivity contribution in [2.45, 2.75) is 39.7 Å². The Morgan fingerprint density at radius 1 is 1.44 bits per heavy atom. The average molecular weight is 220 g/mol. The van der Waals surface area contributed by atoms with Gasteiger partial charge in [0, 0.05) is 18.4 Å². The molecule has 0 radical (unpaired) electrons. The zero-order valence-electron chi connectivity index (χ0n) is 10.3. The Bertz CT molecular complexity index is 355. The summed E-state index contributed by atoms with van der Waals surface area (Å²) < 4.78 is 0. The van der Waals surface area contributed by atoms with Gasteiger partial charge in [0.2, 0.25) is 5.78 Å². The SMILES string of the molecule is [C-]#[N+]C1C[C@@]2(C)CNCCC2C(C)(C)C1=O. The predicted molar refractivity (Wildman–Crippen MR) is 62.9 cm³/mol. The van der Waals surface area contributed by atoms with Crippen molar-refractivity contribution in [2.24, 2.45) is 16.7 Å². The fraction of sp³-hybridized carbons (Fsp3) is 0.846.